The van der Waals surface area contributed by atoms with Crippen LogP contribution in [0.5, 0.6) is 5.75 Å². The number of halogens is 2. The first-order chi connectivity index (χ1) is 18.7. The summed E-state index contributed by atoms with van der Waals surface area (Å²) >= 11 is 12.3. The third-order valence-electron chi connectivity index (χ3n) is 5.64. The number of aryl methyl sites for hydroxylation is 1. The van der Waals surface area contributed by atoms with Crippen molar-refractivity contribution in [1.82, 2.24) is 5.43 Å². The van der Waals surface area contributed by atoms with E-state index in [1.165, 1.54) is 24.4 Å². The van der Waals surface area contributed by atoms with Crippen molar-refractivity contribution in [2.45, 2.75) is 18.4 Å². The maximum atomic E-state index is 13.4. The van der Waals surface area contributed by atoms with E-state index < -0.39 is 22.5 Å². The van der Waals surface area contributed by atoms with Gasteiger partial charge in [-0.25, -0.2) is 13.8 Å². The van der Waals surface area contributed by atoms with E-state index in [-0.39, 0.29) is 10.6 Å². The van der Waals surface area contributed by atoms with Gasteiger partial charge in [0.2, 0.25) is 0 Å². The number of sulfonamides is 1. The van der Waals surface area contributed by atoms with Crippen molar-refractivity contribution in [1.29, 1.82) is 0 Å². The van der Waals surface area contributed by atoms with Crippen molar-refractivity contribution in [3.63, 3.8) is 0 Å². The van der Waals surface area contributed by atoms with Gasteiger partial charge in [0.15, 0.2) is 0 Å². The average molecular weight is 583 g/mol. The van der Waals surface area contributed by atoms with Gasteiger partial charge in [0.05, 0.1) is 16.8 Å². The molecule has 1 amide bonds. The van der Waals surface area contributed by atoms with Crippen LogP contribution in [-0.4, -0.2) is 27.1 Å². The van der Waals surface area contributed by atoms with E-state index >= 15 is 0 Å². The number of nitrogens with zero attached hydrogens (tertiary/aromatic N) is 2. The van der Waals surface area contributed by atoms with Crippen LogP contribution >= 0.6 is 23.2 Å². The van der Waals surface area contributed by atoms with Crippen molar-refractivity contribution in [3.05, 3.63) is 124 Å². The van der Waals surface area contributed by atoms with E-state index in [2.05, 4.69) is 10.5 Å². The summed E-state index contributed by atoms with van der Waals surface area (Å²) in [5.41, 5.74) is 5.11. The van der Waals surface area contributed by atoms with Crippen molar-refractivity contribution >= 4 is 51.0 Å². The minimum absolute atomic E-state index is 0.0515. The first-order valence-corrected chi connectivity index (χ1v) is 14.0. The number of rotatable bonds is 10. The van der Waals surface area contributed by atoms with E-state index in [1.807, 2.05) is 25.1 Å². The second-order valence-corrected chi connectivity index (χ2v) is 11.2. The maximum Gasteiger partial charge on any atom is 0.264 e. The predicted octanol–water partition coefficient (Wildman–Crippen LogP) is 6.23. The van der Waals surface area contributed by atoms with E-state index in [9.17, 15) is 13.2 Å². The Kier molecular flexibility index (Phi) is 9.24. The van der Waals surface area contributed by atoms with Crippen LogP contribution in [-0.2, 0) is 21.4 Å². The molecule has 0 aliphatic carbocycles. The summed E-state index contributed by atoms with van der Waals surface area (Å²) in [7, 11) is -4.05. The van der Waals surface area contributed by atoms with Gasteiger partial charge in [-0.1, -0.05) is 59.6 Å². The number of amides is 1. The number of hydrogen-bond donors (Lipinski definition) is 1. The van der Waals surface area contributed by atoms with Gasteiger partial charge in [-0.3, -0.25) is 9.10 Å². The molecule has 0 saturated carbocycles. The summed E-state index contributed by atoms with van der Waals surface area (Å²) in [6, 6.07) is 27.3. The molecule has 0 aliphatic heterocycles. The van der Waals surface area contributed by atoms with Crippen molar-refractivity contribution in [2.24, 2.45) is 5.10 Å². The Morgan fingerprint density at radius 2 is 1.69 bits per heavy atom. The smallest absolute Gasteiger partial charge is 0.264 e. The number of carbonyl (C=O) groups excluding carboxylic acids is 1. The number of hydrazone groups is 1. The van der Waals surface area contributed by atoms with Crippen LogP contribution < -0.4 is 14.5 Å². The number of benzene rings is 4. The lowest BCUT2D eigenvalue weighted by atomic mass is 10.2. The molecule has 1 N–H and O–H groups in total. The van der Waals surface area contributed by atoms with Crippen molar-refractivity contribution in [2.75, 3.05) is 10.8 Å². The molecule has 0 spiro atoms. The van der Waals surface area contributed by atoms with Crippen LogP contribution in [0.15, 0.2) is 107 Å². The van der Waals surface area contributed by atoms with Gasteiger partial charge in [-0.15, -0.1) is 0 Å². The SMILES string of the molecule is Cc1ccc(N(CC(=O)N/N=C/c2ccc(OCc3cccc(Cl)c3)cc2)S(=O)(=O)c2ccccc2)cc1Cl. The fourth-order valence-corrected chi connectivity index (χ4v) is 5.38. The lowest BCUT2D eigenvalue weighted by Crippen LogP contribution is -2.39. The molecule has 7 nitrogen and oxygen atoms in total. The number of hydrogen-bond acceptors (Lipinski definition) is 5. The van der Waals surface area contributed by atoms with Gasteiger partial charge in [0.25, 0.3) is 15.9 Å². The summed E-state index contributed by atoms with van der Waals surface area (Å²) in [6.07, 6.45) is 1.46. The van der Waals surface area contributed by atoms with E-state index in [1.54, 1.807) is 60.7 Å². The Balaban J connectivity index is 1.41. The zero-order valence-electron chi connectivity index (χ0n) is 20.9. The summed E-state index contributed by atoms with van der Waals surface area (Å²) in [4.78, 5) is 12.8. The molecule has 0 unspecified atom stereocenters. The van der Waals surface area contributed by atoms with Gasteiger partial charge < -0.3 is 4.74 Å². The van der Waals surface area contributed by atoms with Gasteiger partial charge in [-0.05, 0) is 84.3 Å². The van der Waals surface area contributed by atoms with Crippen LogP contribution in [0.1, 0.15) is 16.7 Å². The standard InChI is InChI=1S/C29H25Cl2N3O4S/c1-21-10-13-25(17-28(21)31)34(39(36,37)27-8-3-2-4-9-27)19-29(35)33-32-18-22-11-14-26(15-12-22)38-20-23-6-5-7-24(30)16-23/h2-18H,19-20H2,1H3,(H,33,35)/b32-18+. The Morgan fingerprint density at radius 3 is 2.38 bits per heavy atom. The Morgan fingerprint density at radius 1 is 0.949 bits per heavy atom. The monoisotopic (exact) mass is 581 g/mol. The molecule has 4 aromatic carbocycles. The topological polar surface area (TPSA) is 88.1 Å². The molecule has 0 fully saturated rings. The van der Waals surface area contributed by atoms with Gasteiger partial charge >= 0.3 is 0 Å². The lowest BCUT2D eigenvalue weighted by molar-refractivity contribution is -0.119. The van der Waals surface area contributed by atoms with Crippen molar-refractivity contribution in [3.8, 4) is 5.75 Å². The molecule has 39 heavy (non-hydrogen) atoms. The number of carbonyl (C=O) groups is 1. The Labute approximate surface area is 237 Å². The molecule has 0 radical (unpaired) electrons. The molecule has 0 bridgehead atoms. The minimum atomic E-state index is -4.05. The summed E-state index contributed by atoms with van der Waals surface area (Å²) < 4.78 is 33.6. The maximum absolute atomic E-state index is 13.4. The molecule has 0 atom stereocenters. The second-order valence-electron chi connectivity index (χ2n) is 8.54. The summed E-state index contributed by atoms with van der Waals surface area (Å²) in [5.74, 6) is 0.0404. The third-order valence-corrected chi connectivity index (χ3v) is 8.07. The van der Waals surface area contributed by atoms with Gasteiger partial charge in [-0.2, -0.15) is 5.10 Å². The third kappa shape index (κ3) is 7.60. The first-order valence-electron chi connectivity index (χ1n) is 11.9. The highest BCUT2D eigenvalue weighted by Gasteiger charge is 2.27. The Bertz CT molecular complexity index is 1580. The molecule has 0 saturated heterocycles. The zero-order valence-corrected chi connectivity index (χ0v) is 23.2. The summed E-state index contributed by atoms with van der Waals surface area (Å²) in [6.45, 7) is 1.68. The van der Waals surface area contributed by atoms with Crippen molar-refractivity contribution < 1.29 is 17.9 Å². The highest BCUT2D eigenvalue weighted by atomic mass is 35.5. The Hall–Kier alpha value is -3.85. The molecule has 0 aliphatic rings. The number of ether oxygens (including phenoxy) is 1. The van der Waals surface area contributed by atoms with Crippen LogP contribution in [0.3, 0.4) is 0 Å². The fraction of sp³-hybridized carbons (Fsp3) is 0.103. The highest BCUT2D eigenvalue weighted by molar-refractivity contribution is 7.92. The molecular weight excluding hydrogens is 557 g/mol. The molecular formula is C29H25Cl2N3O4S. The molecule has 4 rings (SSSR count). The summed E-state index contributed by atoms with van der Waals surface area (Å²) in [5, 5.41) is 5.01. The van der Waals surface area contributed by atoms with E-state index in [4.69, 9.17) is 27.9 Å². The van der Waals surface area contributed by atoms with Crippen LogP contribution in [0.4, 0.5) is 5.69 Å². The number of nitrogens with one attached hydrogen (secondary N) is 1. The average Bonchev–Trinajstić information content (AvgIpc) is 2.93. The van der Waals surface area contributed by atoms with E-state index in [0.29, 0.717) is 28.0 Å². The molecule has 200 valence electrons. The predicted molar refractivity (Wildman–Crippen MR) is 155 cm³/mol. The normalized spacial score (nSPS) is 11.4. The lowest BCUT2D eigenvalue weighted by Gasteiger charge is -2.24. The van der Waals surface area contributed by atoms with Gasteiger partial charge in [0.1, 0.15) is 18.9 Å². The molecule has 0 aromatic heterocycles. The quantitative estimate of drug-likeness (QED) is 0.178. The molecule has 0 heterocycles. The number of anilines is 1. The van der Waals surface area contributed by atoms with Crippen LogP contribution in [0, 0.1) is 6.92 Å². The minimum Gasteiger partial charge on any atom is -0.489 e. The molecule has 10 heteroatoms. The van der Waals surface area contributed by atoms with Gasteiger partial charge in [0, 0.05) is 10.0 Å². The molecule has 4 aromatic rings. The zero-order chi connectivity index (χ0) is 27.8. The highest BCUT2D eigenvalue weighted by Crippen LogP contribution is 2.28. The first kappa shape index (κ1) is 28.2. The largest absolute Gasteiger partial charge is 0.489 e. The van der Waals surface area contributed by atoms with E-state index in [0.717, 1.165) is 15.4 Å². The van der Waals surface area contributed by atoms with Crippen LogP contribution in [0.2, 0.25) is 10.0 Å². The fourth-order valence-electron chi connectivity index (χ4n) is 3.56. The second kappa shape index (κ2) is 12.8. The van der Waals surface area contributed by atoms with Crippen LogP contribution in [0.25, 0.3) is 0 Å².